The Balaban J connectivity index is 1.22. The fraction of sp³-hybridized carbons (Fsp3) is 0.552. The molecule has 0 radical (unpaired) electrons. The molecule has 10 heteroatoms. The number of morpholine rings is 1. The summed E-state index contributed by atoms with van der Waals surface area (Å²) in [4.78, 5) is 16.2. The topological polar surface area (TPSA) is 74.6 Å². The number of benzene rings is 1. The van der Waals surface area contributed by atoms with E-state index in [1.807, 2.05) is 36.1 Å². The van der Waals surface area contributed by atoms with Crippen LogP contribution in [0.5, 0.6) is 0 Å². The van der Waals surface area contributed by atoms with E-state index < -0.39 is 0 Å². The van der Waals surface area contributed by atoms with Gasteiger partial charge in [0.05, 0.1) is 30.8 Å². The summed E-state index contributed by atoms with van der Waals surface area (Å²) in [5, 5.41) is 7.62. The van der Waals surface area contributed by atoms with Crippen molar-refractivity contribution in [1.29, 1.82) is 0 Å². The molecule has 2 aromatic heterocycles. The zero-order valence-corrected chi connectivity index (χ0v) is 23.6. The first-order chi connectivity index (χ1) is 18.9. The molecule has 0 spiro atoms. The van der Waals surface area contributed by atoms with Crippen LogP contribution in [-0.2, 0) is 4.74 Å². The van der Waals surface area contributed by atoms with Crippen LogP contribution in [0.2, 0.25) is 0 Å². The van der Waals surface area contributed by atoms with Gasteiger partial charge in [0, 0.05) is 75.0 Å². The lowest BCUT2D eigenvalue weighted by atomic mass is 10.0. The van der Waals surface area contributed by atoms with Gasteiger partial charge >= 0.3 is 0 Å². The lowest BCUT2D eigenvalue weighted by Gasteiger charge is -2.39. The van der Waals surface area contributed by atoms with Gasteiger partial charge in [-0.2, -0.15) is 5.10 Å². The SMILES string of the molecule is Cc1cnc(Nc2ccc(N3CCC[C@H](N(C)CCN4CCOCC4)C3)c(F)c2)nc1-c1cnn(C(C)C)c1. The minimum Gasteiger partial charge on any atom is -0.379 e. The first-order valence-electron chi connectivity index (χ1n) is 14.1. The van der Waals surface area contributed by atoms with Crippen molar-refractivity contribution in [3.63, 3.8) is 0 Å². The van der Waals surface area contributed by atoms with Crippen LogP contribution in [0.4, 0.5) is 21.7 Å². The highest BCUT2D eigenvalue weighted by molar-refractivity contribution is 5.65. The second kappa shape index (κ2) is 12.4. The van der Waals surface area contributed by atoms with Gasteiger partial charge in [-0.25, -0.2) is 14.4 Å². The number of hydrogen-bond acceptors (Lipinski definition) is 8. The molecule has 0 unspecified atom stereocenters. The molecule has 1 atom stereocenters. The largest absolute Gasteiger partial charge is 0.379 e. The molecule has 2 aliphatic heterocycles. The van der Waals surface area contributed by atoms with Crippen LogP contribution in [0.3, 0.4) is 0 Å². The number of aromatic nitrogens is 4. The van der Waals surface area contributed by atoms with Crippen LogP contribution in [0.15, 0.2) is 36.8 Å². The molecule has 0 saturated carbocycles. The first-order valence-corrected chi connectivity index (χ1v) is 14.1. The van der Waals surface area contributed by atoms with Crippen LogP contribution in [-0.4, -0.2) is 95.1 Å². The highest BCUT2D eigenvalue weighted by Gasteiger charge is 2.25. The highest BCUT2D eigenvalue weighted by atomic mass is 19.1. The van der Waals surface area contributed by atoms with Crippen molar-refractivity contribution in [3.05, 3.63) is 48.2 Å². The summed E-state index contributed by atoms with van der Waals surface area (Å²) in [5.74, 6) is 0.196. The van der Waals surface area contributed by atoms with Crippen molar-refractivity contribution in [2.75, 3.05) is 69.7 Å². The number of ether oxygens (including phenoxy) is 1. The third-order valence-corrected chi connectivity index (χ3v) is 7.81. The number of aryl methyl sites for hydroxylation is 1. The Morgan fingerprint density at radius 3 is 2.74 bits per heavy atom. The van der Waals surface area contributed by atoms with Gasteiger partial charge in [-0.1, -0.05) is 0 Å². The van der Waals surface area contributed by atoms with Gasteiger partial charge in [-0.15, -0.1) is 0 Å². The zero-order valence-electron chi connectivity index (χ0n) is 23.6. The van der Waals surface area contributed by atoms with Crippen molar-refractivity contribution in [2.24, 2.45) is 0 Å². The minimum atomic E-state index is -0.234. The number of likely N-dealkylation sites (N-methyl/N-ethyl adjacent to an activating group) is 1. The van der Waals surface area contributed by atoms with E-state index in [1.165, 1.54) is 0 Å². The second-order valence-electron chi connectivity index (χ2n) is 11.0. The van der Waals surface area contributed by atoms with Gasteiger partial charge in [0.25, 0.3) is 0 Å². The van der Waals surface area contributed by atoms with Crippen molar-refractivity contribution in [1.82, 2.24) is 29.5 Å². The maximum Gasteiger partial charge on any atom is 0.227 e. The number of anilines is 3. The maximum atomic E-state index is 15.4. The van der Waals surface area contributed by atoms with E-state index in [0.717, 1.165) is 82.1 Å². The molecule has 2 fully saturated rings. The monoisotopic (exact) mass is 536 g/mol. The zero-order chi connectivity index (χ0) is 27.4. The van der Waals surface area contributed by atoms with Crippen molar-refractivity contribution < 1.29 is 9.13 Å². The summed E-state index contributed by atoms with van der Waals surface area (Å²) in [6, 6.07) is 6.00. The molecule has 2 aliphatic rings. The van der Waals surface area contributed by atoms with Crippen LogP contribution in [0.25, 0.3) is 11.3 Å². The fourth-order valence-corrected chi connectivity index (χ4v) is 5.35. The maximum absolute atomic E-state index is 15.4. The molecule has 2 saturated heterocycles. The Morgan fingerprint density at radius 2 is 2.00 bits per heavy atom. The number of piperidine rings is 1. The third-order valence-electron chi connectivity index (χ3n) is 7.81. The molecule has 39 heavy (non-hydrogen) atoms. The van der Waals surface area contributed by atoms with Gasteiger partial charge in [-0.05, 0) is 64.4 Å². The Bertz CT molecular complexity index is 1240. The molecule has 9 nitrogen and oxygen atoms in total. The summed E-state index contributed by atoms with van der Waals surface area (Å²) >= 11 is 0. The molecule has 0 amide bonds. The molecular formula is C29H41FN8O. The van der Waals surface area contributed by atoms with Crippen LogP contribution >= 0.6 is 0 Å². The molecule has 1 aromatic carbocycles. The summed E-state index contributed by atoms with van der Waals surface area (Å²) in [5.41, 5.74) is 3.98. The quantitative estimate of drug-likeness (QED) is 0.433. The molecule has 1 N–H and O–H groups in total. The highest BCUT2D eigenvalue weighted by Crippen LogP contribution is 2.29. The van der Waals surface area contributed by atoms with Crippen molar-refractivity contribution >= 4 is 17.3 Å². The van der Waals surface area contributed by atoms with Gasteiger partial charge in [0.2, 0.25) is 5.95 Å². The van der Waals surface area contributed by atoms with Crippen molar-refractivity contribution in [3.8, 4) is 11.3 Å². The normalized spacial score (nSPS) is 18.7. The van der Waals surface area contributed by atoms with Crippen molar-refractivity contribution in [2.45, 2.75) is 45.7 Å². The lowest BCUT2D eigenvalue weighted by molar-refractivity contribution is 0.0322. The average Bonchev–Trinajstić information content (AvgIpc) is 3.44. The van der Waals surface area contributed by atoms with Gasteiger partial charge < -0.3 is 19.9 Å². The van der Waals surface area contributed by atoms with E-state index in [9.17, 15) is 0 Å². The van der Waals surface area contributed by atoms with E-state index in [1.54, 1.807) is 12.3 Å². The predicted molar refractivity (Wildman–Crippen MR) is 153 cm³/mol. The van der Waals surface area contributed by atoms with E-state index in [2.05, 4.69) is 51.0 Å². The Hall–Kier alpha value is -3.08. The molecule has 4 heterocycles. The van der Waals surface area contributed by atoms with Gasteiger partial charge in [-0.3, -0.25) is 9.58 Å². The molecule has 3 aromatic rings. The number of rotatable bonds is 9. The summed E-state index contributed by atoms with van der Waals surface area (Å²) in [6.45, 7) is 13.6. The molecule has 0 bridgehead atoms. The van der Waals surface area contributed by atoms with Crippen LogP contribution in [0.1, 0.15) is 38.3 Å². The van der Waals surface area contributed by atoms with Crippen LogP contribution in [0, 0.1) is 12.7 Å². The molecular weight excluding hydrogens is 495 g/mol. The van der Waals surface area contributed by atoms with E-state index in [0.29, 0.717) is 23.4 Å². The average molecular weight is 537 g/mol. The standard InChI is InChI=1S/C29H41FN8O/c1-21(2)38-19-23(18-32-38)28-22(3)17-31-29(34-28)33-24-7-8-27(26(30)16-24)37-9-5-6-25(20-37)35(4)10-11-36-12-14-39-15-13-36/h7-8,16-19,21,25H,5-6,9-15,20H2,1-4H3,(H,31,33,34)/t25-/m0/s1. The fourth-order valence-electron chi connectivity index (χ4n) is 5.35. The Kier molecular flexibility index (Phi) is 8.74. The minimum absolute atomic E-state index is 0.234. The smallest absolute Gasteiger partial charge is 0.227 e. The van der Waals surface area contributed by atoms with Gasteiger partial charge in [0.1, 0.15) is 5.82 Å². The third kappa shape index (κ3) is 6.74. The number of nitrogens with one attached hydrogen (secondary N) is 1. The molecule has 5 rings (SSSR count). The van der Waals surface area contributed by atoms with E-state index >= 15 is 4.39 Å². The van der Waals surface area contributed by atoms with E-state index in [4.69, 9.17) is 9.72 Å². The second-order valence-corrected chi connectivity index (χ2v) is 11.0. The van der Waals surface area contributed by atoms with E-state index in [-0.39, 0.29) is 11.9 Å². The number of hydrogen-bond donors (Lipinski definition) is 1. The number of halogens is 1. The molecule has 0 aliphatic carbocycles. The van der Waals surface area contributed by atoms with Gasteiger partial charge in [0.15, 0.2) is 0 Å². The summed E-state index contributed by atoms with van der Waals surface area (Å²) < 4.78 is 22.7. The molecule has 210 valence electrons. The van der Waals surface area contributed by atoms with Crippen LogP contribution < -0.4 is 10.2 Å². The summed E-state index contributed by atoms with van der Waals surface area (Å²) in [6.07, 6.45) is 7.79. The lowest BCUT2D eigenvalue weighted by Crippen LogP contribution is -2.49. The summed E-state index contributed by atoms with van der Waals surface area (Å²) in [7, 11) is 2.20. The first kappa shape index (κ1) is 27.5. The Labute approximate surface area is 231 Å². The predicted octanol–water partition coefficient (Wildman–Crippen LogP) is 4.34. The number of nitrogens with zero attached hydrogens (tertiary/aromatic N) is 7. The Morgan fingerprint density at radius 1 is 1.18 bits per heavy atom.